The monoisotopic (exact) mass is 691 g/mol. The molecule has 0 aliphatic heterocycles. The topological polar surface area (TPSA) is 85.9 Å². The Morgan fingerprint density at radius 1 is 0.884 bits per heavy atom. The van der Waals surface area contributed by atoms with Gasteiger partial charge in [0.25, 0.3) is 0 Å². The molecule has 43 heavy (non-hydrogen) atoms. The third-order valence-electron chi connectivity index (χ3n) is 6.91. The number of carbonyl (C=O) groups is 2. The van der Waals surface area contributed by atoms with Crippen LogP contribution in [0.1, 0.15) is 51.2 Å². The van der Waals surface area contributed by atoms with E-state index in [-0.39, 0.29) is 28.2 Å². The first kappa shape index (κ1) is 33.4. The highest BCUT2D eigenvalue weighted by Gasteiger charge is 2.42. The third kappa shape index (κ3) is 10.6. The van der Waals surface area contributed by atoms with E-state index in [2.05, 4.69) is 15.9 Å². The van der Waals surface area contributed by atoms with Crippen LogP contribution in [0.3, 0.4) is 0 Å². The van der Waals surface area contributed by atoms with Gasteiger partial charge in [0.2, 0.25) is 0 Å². The van der Waals surface area contributed by atoms with E-state index < -0.39 is 27.0 Å². The molecule has 10 heteroatoms. The van der Waals surface area contributed by atoms with Crippen LogP contribution < -0.4 is 9.30 Å². The molecule has 1 aromatic heterocycles. The van der Waals surface area contributed by atoms with Crippen molar-refractivity contribution in [2.75, 3.05) is 25.3 Å². The predicted octanol–water partition coefficient (Wildman–Crippen LogP) is 6.25. The molecule has 3 aromatic rings. The average Bonchev–Trinajstić information content (AvgIpc) is 3.02. The molecule has 0 amide bonds. The molecule has 7 nitrogen and oxygen atoms in total. The fourth-order valence-electron chi connectivity index (χ4n) is 4.68. The smallest absolute Gasteiger partial charge is 0.322 e. The van der Waals surface area contributed by atoms with E-state index in [4.69, 9.17) is 15.3 Å². The van der Waals surface area contributed by atoms with Crippen LogP contribution >= 0.6 is 37.0 Å². The number of hydrogen-bond acceptors (Lipinski definition) is 7. The van der Waals surface area contributed by atoms with E-state index in [1.165, 1.54) is 0 Å². The molecule has 0 saturated carbocycles. The summed E-state index contributed by atoms with van der Waals surface area (Å²) in [5.74, 6) is -0.161. The second-order valence-electron chi connectivity index (χ2n) is 11.1. The van der Waals surface area contributed by atoms with E-state index in [0.717, 1.165) is 30.2 Å². The number of nitrogens with zero attached hydrogens (tertiary/aromatic N) is 1. The summed E-state index contributed by atoms with van der Waals surface area (Å²) < 4.78 is 25.3. The van der Waals surface area contributed by atoms with Crippen molar-refractivity contribution in [3.05, 3.63) is 96.3 Å². The summed E-state index contributed by atoms with van der Waals surface area (Å²) in [5, 5.41) is 10.4. The van der Waals surface area contributed by atoms with E-state index in [1.54, 1.807) is 20.8 Å². The quantitative estimate of drug-likeness (QED) is 0.0410. The van der Waals surface area contributed by atoms with Crippen LogP contribution in [0.5, 0.6) is 5.75 Å². The van der Waals surface area contributed by atoms with Crippen LogP contribution in [0, 0.1) is 5.41 Å². The van der Waals surface area contributed by atoms with Crippen molar-refractivity contribution in [1.29, 1.82) is 1.12 Å². The molecule has 2 aromatic carbocycles. The maximum atomic E-state index is 12.9. The van der Waals surface area contributed by atoms with Crippen LogP contribution in [0.25, 0.3) is 0 Å². The molecule has 232 valence electrons. The summed E-state index contributed by atoms with van der Waals surface area (Å²) in [6.07, 6.45) is 5.32. The summed E-state index contributed by atoms with van der Waals surface area (Å²) in [4.78, 5) is 25.6. The van der Waals surface area contributed by atoms with Gasteiger partial charge in [0.15, 0.2) is 18.9 Å². The molecule has 3 atom stereocenters. The molecule has 0 bridgehead atoms. The number of aryl methyl sites for hydroxylation is 1. The van der Waals surface area contributed by atoms with Gasteiger partial charge in [-0.2, -0.15) is 12.5 Å². The second-order valence-corrected chi connectivity index (χ2v) is 15.1. The van der Waals surface area contributed by atoms with Crippen LogP contribution in [0.15, 0.2) is 85.2 Å². The standard InChI is InChI=1S/C33H41BrNO6PS/c1-31(2,24-32(3,34)30(37)41-21-10-20-35-18-8-5-9-19-35)29(36)40-23-11-22-39-28-16-14-27(15-17-28)33(38,42-25-43)26-12-6-4-7-13-26/h4-9,12-19,38,42H,10-11,20-25H2,1-3H3/p+1/i/hD. The number of ether oxygens (including phenoxy) is 3. The molecule has 3 rings (SSSR count). The van der Waals surface area contributed by atoms with Gasteiger partial charge in [0.1, 0.15) is 16.5 Å². The van der Waals surface area contributed by atoms with Gasteiger partial charge in [0, 0.05) is 30.5 Å². The highest BCUT2D eigenvalue weighted by atomic mass is 79.9. The number of rotatable bonds is 18. The SMILES string of the molecule is [2H]SCPC(O)(c1ccccc1)c1ccc(OCCCOC(=O)C(C)(C)CC(C)(Br)C(=O)OCCC[n+]2ccccc2)cc1. The lowest BCUT2D eigenvalue weighted by Crippen LogP contribution is -2.40. The first-order chi connectivity index (χ1) is 21.0. The zero-order valence-electron chi connectivity index (χ0n) is 26.0. The number of hydrogen-bond donors (Lipinski definition) is 2. The molecule has 1 N–H and O–H groups in total. The summed E-state index contributed by atoms with van der Waals surface area (Å²) in [6.45, 7) is 6.78. The first-order valence-electron chi connectivity index (χ1n) is 14.7. The highest BCUT2D eigenvalue weighted by Crippen LogP contribution is 2.45. The van der Waals surface area contributed by atoms with E-state index in [0.29, 0.717) is 30.7 Å². The molecular weight excluding hydrogens is 649 g/mol. The van der Waals surface area contributed by atoms with Crippen molar-refractivity contribution in [3.8, 4) is 5.75 Å². The van der Waals surface area contributed by atoms with Crippen LogP contribution in [0.4, 0.5) is 0 Å². The first-order valence-corrected chi connectivity index (χ1v) is 16.9. The third-order valence-corrected chi connectivity index (χ3v) is 9.18. The number of pyridine rings is 1. The van der Waals surface area contributed by atoms with Gasteiger partial charge in [-0.05, 0) is 50.5 Å². The van der Waals surface area contributed by atoms with Crippen molar-refractivity contribution < 1.29 is 33.5 Å². The Morgan fingerprint density at radius 2 is 1.49 bits per heavy atom. The summed E-state index contributed by atoms with van der Waals surface area (Å²) in [6, 6.07) is 22.7. The van der Waals surface area contributed by atoms with Gasteiger partial charge >= 0.3 is 11.9 Å². The normalized spacial score (nSPS) is 14.9. The number of benzene rings is 2. The Bertz CT molecular complexity index is 1320. The lowest BCUT2D eigenvalue weighted by atomic mass is 9.83. The number of aliphatic hydroxyl groups is 1. The lowest BCUT2D eigenvalue weighted by molar-refractivity contribution is -0.697. The fraction of sp³-hybridized carbons (Fsp3) is 0.424. The van der Waals surface area contributed by atoms with Crippen molar-refractivity contribution in [2.45, 2.75) is 56.2 Å². The Hall–Kier alpha value is -2.45. The number of thiol groups is 1. The van der Waals surface area contributed by atoms with Crippen LogP contribution in [-0.4, -0.2) is 47.8 Å². The number of carbonyl (C=O) groups excluding carboxylic acids is 2. The predicted molar refractivity (Wildman–Crippen MR) is 177 cm³/mol. The summed E-state index contributed by atoms with van der Waals surface area (Å²) in [5.41, 5.74) is 1.14. The Morgan fingerprint density at radius 3 is 2.16 bits per heavy atom. The molecule has 0 radical (unpaired) electrons. The minimum atomic E-state index is -1.17. The molecule has 0 aliphatic carbocycles. The van der Waals surface area contributed by atoms with Crippen LogP contribution in [0.2, 0.25) is 0 Å². The second kappa shape index (κ2) is 16.6. The van der Waals surface area contributed by atoms with Crippen molar-refractivity contribution in [2.24, 2.45) is 5.41 Å². The number of alkyl halides is 1. The van der Waals surface area contributed by atoms with Crippen molar-refractivity contribution in [1.82, 2.24) is 0 Å². The molecule has 0 aliphatic rings. The minimum absolute atomic E-state index is 0.122. The fourth-order valence-corrected chi connectivity index (χ4v) is 7.07. The Kier molecular flexibility index (Phi) is 12.9. The van der Waals surface area contributed by atoms with Gasteiger partial charge in [-0.25, -0.2) is 4.57 Å². The van der Waals surface area contributed by atoms with E-state index in [9.17, 15) is 14.7 Å². The van der Waals surface area contributed by atoms with Crippen molar-refractivity contribution >= 4 is 49.0 Å². The van der Waals surface area contributed by atoms with Gasteiger partial charge in [-0.15, -0.1) is 0 Å². The van der Waals surface area contributed by atoms with Gasteiger partial charge in [-0.3, -0.25) is 9.59 Å². The Labute approximate surface area is 271 Å². The molecule has 1 heterocycles. The molecule has 0 saturated heterocycles. The number of halogens is 1. The zero-order valence-corrected chi connectivity index (χ0v) is 28.4. The van der Waals surface area contributed by atoms with Crippen LogP contribution in [-0.2, 0) is 30.9 Å². The summed E-state index contributed by atoms with van der Waals surface area (Å²) >= 11 is 4.44. The number of aromatic nitrogens is 1. The van der Waals surface area contributed by atoms with Gasteiger partial charge < -0.3 is 19.3 Å². The molecule has 0 fully saturated rings. The van der Waals surface area contributed by atoms with Gasteiger partial charge in [0.05, 0.1) is 25.2 Å². The molecular formula is C33H42BrNO6PS+. The van der Waals surface area contributed by atoms with E-state index >= 15 is 0 Å². The maximum absolute atomic E-state index is 12.9. The summed E-state index contributed by atoms with van der Waals surface area (Å²) in [7, 11) is 0.122. The van der Waals surface area contributed by atoms with Gasteiger partial charge in [-0.1, -0.05) is 73.0 Å². The molecule has 0 spiro atoms. The van der Waals surface area contributed by atoms with Crippen molar-refractivity contribution in [3.63, 3.8) is 0 Å². The average molecular weight is 693 g/mol. The zero-order chi connectivity index (χ0) is 32.1. The lowest BCUT2D eigenvalue weighted by Gasteiger charge is -2.30. The number of esters is 2. The molecule has 3 unspecified atom stereocenters. The largest absolute Gasteiger partial charge is 0.493 e. The maximum Gasteiger partial charge on any atom is 0.322 e. The highest BCUT2D eigenvalue weighted by molar-refractivity contribution is 9.10. The Balaban J connectivity index is 1.41. The van der Waals surface area contributed by atoms with E-state index in [1.807, 2.05) is 89.8 Å². The minimum Gasteiger partial charge on any atom is -0.493 e.